The Hall–Kier alpha value is -1.78. The highest BCUT2D eigenvalue weighted by molar-refractivity contribution is 6.34. The molecule has 0 aliphatic carbocycles. The zero-order chi connectivity index (χ0) is 13.4. The maximum atomic E-state index is 5.92. The van der Waals surface area contributed by atoms with Gasteiger partial charge in [-0.05, 0) is 24.3 Å². The van der Waals surface area contributed by atoms with Crippen LogP contribution in [0.5, 0.6) is 5.75 Å². The van der Waals surface area contributed by atoms with E-state index in [-0.39, 0.29) is 0 Å². The van der Waals surface area contributed by atoms with Crippen molar-refractivity contribution in [2.75, 3.05) is 7.11 Å². The van der Waals surface area contributed by atoms with E-state index in [1.807, 2.05) is 18.2 Å². The lowest BCUT2D eigenvalue weighted by Crippen LogP contribution is -1.98. The highest BCUT2D eigenvalue weighted by atomic mass is 35.5. The SMILES string of the molecule is COc1ccc2nn(-c3cc(Cl)[c]c(Cl)c3)nc2c1. The van der Waals surface area contributed by atoms with E-state index in [1.165, 1.54) is 4.80 Å². The number of benzene rings is 2. The number of hydrogen-bond acceptors (Lipinski definition) is 3. The Morgan fingerprint density at radius 3 is 2.42 bits per heavy atom. The van der Waals surface area contributed by atoms with Gasteiger partial charge >= 0.3 is 0 Å². The van der Waals surface area contributed by atoms with Crippen LogP contribution in [0.4, 0.5) is 0 Å². The first-order valence-corrected chi connectivity index (χ1v) is 6.21. The fourth-order valence-corrected chi connectivity index (χ4v) is 2.22. The number of rotatable bonds is 2. The lowest BCUT2D eigenvalue weighted by molar-refractivity contribution is 0.415. The van der Waals surface area contributed by atoms with Crippen LogP contribution in [-0.4, -0.2) is 22.1 Å². The van der Waals surface area contributed by atoms with E-state index in [2.05, 4.69) is 16.3 Å². The molecule has 0 bridgehead atoms. The molecule has 0 unspecified atom stereocenters. The summed E-state index contributed by atoms with van der Waals surface area (Å²) in [5.41, 5.74) is 2.18. The highest BCUT2D eigenvalue weighted by Gasteiger charge is 2.07. The van der Waals surface area contributed by atoms with Crippen molar-refractivity contribution in [3.05, 3.63) is 46.4 Å². The molecule has 1 aromatic heterocycles. The summed E-state index contributed by atoms with van der Waals surface area (Å²) in [6.07, 6.45) is 0. The zero-order valence-electron chi connectivity index (χ0n) is 9.89. The van der Waals surface area contributed by atoms with Crippen molar-refractivity contribution in [3.63, 3.8) is 0 Å². The average molecular weight is 293 g/mol. The number of hydrogen-bond donors (Lipinski definition) is 0. The van der Waals surface area contributed by atoms with Crippen LogP contribution in [0.2, 0.25) is 10.0 Å². The molecule has 4 nitrogen and oxygen atoms in total. The minimum atomic E-state index is 0.418. The normalized spacial score (nSPS) is 10.9. The number of ether oxygens (including phenoxy) is 1. The molecule has 0 saturated carbocycles. The molecule has 0 fully saturated rings. The van der Waals surface area contributed by atoms with Gasteiger partial charge in [-0.25, -0.2) is 0 Å². The molecule has 0 N–H and O–H groups in total. The predicted octanol–water partition coefficient (Wildman–Crippen LogP) is 3.54. The van der Waals surface area contributed by atoms with Gasteiger partial charge in [0.05, 0.1) is 22.8 Å². The van der Waals surface area contributed by atoms with Crippen molar-refractivity contribution >= 4 is 34.2 Å². The van der Waals surface area contributed by atoms with E-state index >= 15 is 0 Å². The molecule has 2 aromatic carbocycles. The Kier molecular flexibility index (Phi) is 3.05. The van der Waals surface area contributed by atoms with E-state index in [0.717, 1.165) is 16.8 Å². The number of methoxy groups -OCH3 is 1. The maximum Gasteiger partial charge on any atom is 0.121 e. The Bertz CT molecular complexity index is 734. The summed E-state index contributed by atoms with van der Waals surface area (Å²) in [4.78, 5) is 1.48. The molecule has 95 valence electrons. The van der Waals surface area contributed by atoms with Gasteiger partial charge < -0.3 is 4.74 Å². The molecule has 6 heteroatoms. The second-order valence-corrected chi connectivity index (χ2v) is 4.69. The Morgan fingerprint density at radius 1 is 1.05 bits per heavy atom. The number of aromatic nitrogens is 3. The minimum absolute atomic E-state index is 0.418. The summed E-state index contributed by atoms with van der Waals surface area (Å²) in [7, 11) is 1.61. The number of halogens is 2. The van der Waals surface area contributed by atoms with Crippen LogP contribution in [-0.2, 0) is 0 Å². The summed E-state index contributed by atoms with van der Waals surface area (Å²) in [6.45, 7) is 0. The molecule has 3 rings (SSSR count). The molecule has 0 aliphatic rings. The second-order valence-electron chi connectivity index (χ2n) is 3.88. The van der Waals surface area contributed by atoms with Crippen molar-refractivity contribution in [2.24, 2.45) is 0 Å². The van der Waals surface area contributed by atoms with Crippen molar-refractivity contribution in [3.8, 4) is 11.4 Å². The van der Waals surface area contributed by atoms with E-state index < -0.39 is 0 Å². The molecular weight excluding hydrogens is 285 g/mol. The monoisotopic (exact) mass is 292 g/mol. The number of fused-ring (bicyclic) bond motifs is 1. The van der Waals surface area contributed by atoms with Crippen LogP contribution in [0.1, 0.15) is 0 Å². The summed E-state index contributed by atoms with van der Waals surface area (Å²) in [5, 5.41) is 9.56. The maximum absolute atomic E-state index is 5.92. The Balaban J connectivity index is 2.14. The Morgan fingerprint density at radius 2 is 1.74 bits per heavy atom. The van der Waals surface area contributed by atoms with Gasteiger partial charge in [-0.15, -0.1) is 10.2 Å². The van der Waals surface area contributed by atoms with Gasteiger partial charge in [0, 0.05) is 12.1 Å². The van der Waals surface area contributed by atoms with Crippen LogP contribution in [0.25, 0.3) is 16.7 Å². The van der Waals surface area contributed by atoms with Gasteiger partial charge in [-0.3, -0.25) is 0 Å². The van der Waals surface area contributed by atoms with Crippen LogP contribution < -0.4 is 4.74 Å². The van der Waals surface area contributed by atoms with Crippen molar-refractivity contribution in [1.29, 1.82) is 0 Å². The zero-order valence-corrected chi connectivity index (χ0v) is 11.4. The molecule has 0 atom stereocenters. The van der Waals surface area contributed by atoms with Gasteiger partial charge in [0.15, 0.2) is 0 Å². The van der Waals surface area contributed by atoms with Crippen LogP contribution in [0.3, 0.4) is 0 Å². The fourth-order valence-electron chi connectivity index (χ4n) is 1.74. The largest absolute Gasteiger partial charge is 0.497 e. The van der Waals surface area contributed by atoms with Gasteiger partial charge in [0.2, 0.25) is 0 Å². The third kappa shape index (κ3) is 2.37. The summed E-state index contributed by atoms with van der Waals surface area (Å²) in [5.74, 6) is 0.733. The third-order valence-corrected chi connectivity index (χ3v) is 3.01. The van der Waals surface area contributed by atoms with Crippen molar-refractivity contribution < 1.29 is 4.74 Å². The molecule has 19 heavy (non-hydrogen) atoms. The van der Waals surface area contributed by atoms with Crippen molar-refractivity contribution in [2.45, 2.75) is 0 Å². The number of nitrogens with zero attached hydrogens (tertiary/aromatic N) is 3. The molecular formula is C13H8Cl2N3O. The van der Waals surface area contributed by atoms with Crippen LogP contribution >= 0.6 is 23.2 Å². The third-order valence-electron chi connectivity index (χ3n) is 2.61. The topological polar surface area (TPSA) is 39.9 Å². The summed E-state index contributed by atoms with van der Waals surface area (Å²) in [6, 6.07) is 11.7. The summed E-state index contributed by atoms with van der Waals surface area (Å²) >= 11 is 11.8. The highest BCUT2D eigenvalue weighted by Crippen LogP contribution is 2.22. The first-order valence-electron chi connectivity index (χ1n) is 5.45. The molecule has 0 saturated heterocycles. The smallest absolute Gasteiger partial charge is 0.121 e. The van der Waals surface area contributed by atoms with E-state index in [1.54, 1.807) is 19.2 Å². The standard InChI is InChI=1S/C13H8Cl2N3O/c1-19-11-2-3-12-13(7-11)17-18(16-12)10-5-8(14)4-9(15)6-10/h2-3,5-7H,1H3. The van der Waals surface area contributed by atoms with E-state index in [4.69, 9.17) is 27.9 Å². The minimum Gasteiger partial charge on any atom is -0.497 e. The molecule has 1 heterocycles. The predicted molar refractivity (Wildman–Crippen MR) is 74.3 cm³/mol. The van der Waals surface area contributed by atoms with Gasteiger partial charge in [0.25, 0.3) is 0 Å². The molecule has 0 amide bonds. The van der Waals surface area contributed by atoms with E-state index in [0.29, 0.717) is 15.7 Å². The van der Waals surface area contributed by atoms with E-state index in [9.17, 15) is 0 Å². The average Bonchev–Trinajstić information content (AvgIpc) is 2.80. The first kappa shape index (κ1) is 12.3. The molecule has 1 radical (unpaired) electrons. The lowest BCUT2D eigenvalue weighted by atomic mass is 10.3. The van der Waals surface area contributed by atoms with Gasteiger partial charge in [0.1, 0.15) is 16.8 Å². The van der Waals surface area contributed by atoms with Crippen molar-refractivity contribution in [1.82, 2.24) is 15.0 Å². The van der Waals surface area contributed by atoms with Gasteiger partial charge in [-0.2, -0.15) is 4.80 Å². The van der Waals surface area contributed by atoms with Crippen LogP contribution in [0.15, 0.2) is 30.3 Å². The van der Waals surface area contributed by atoms with Gasteiger partial charge in [-0.1, -0.05) is 23.2 Å². The molecule has 0 spiro atoms. The molecule has 0 aliphatic heterocycles. The lowest BCUT2D eigenvalue weighted by Gasteiger charge is -2.00. The summed E-state index contributed by atoms with van der Waals surface area (Å²) < 4.78 is 5.15. The fraction of sp³-hybridized carbons (Fsp3) is 0.0769. The first-order chi connectivity index (χ1) is 9.15. The second kappa shape index (κ2) is 4.72. The Labute approximate surface area is 119 Å². The quantitative estimate of drug-likeness (QED) is 0.725. The molecule has 3 aromatic rings. The van der Waals surface area contributed by atoms with Crippen LogP contribution in [0, 0.1) is 6.07 Å².